The van der Waals surface area contributed by atoms with E-state index in [9.17, 15) is 5.11 Å². The molecular weight excluding hydrogens is 214 g/mol. The van der Waals surface area contributed by atoms with Gasteiger partial charge in [0.2, 0.25) is 0 Å². The molecule has 0 spiro atoms. The molecule has 1 saturated heterocycles. The Morgan fingerprint density at radius 3 is 2.94 bits per heavy atom. The van der Waals surface area contributed by atoms with Crippen LogP contribution in [-0.2, 0) is 19.4 Å². The van der Waals surface area contributed by atoms with Crippen LogP contribution in [0.4, 0.5) is 0 Å². The molecule has 2 aliphatic rings. The first-order valence-corrected chi connectivity index (χ1v) is 6.76. The molecule has 4 nitrogen and oxygen atoms in total. The van der Waals surface area contributed by atoms with Crippen LogP contribution in [0, 0.1) is 0 Å². The van der Waals surface area contributed by atoms with E-state index >= 15 is 0 Å². The van der Waals surface area contributed by atoms with E-state index in [4.69, 9.17) is 0 Å². The van der Waals surface area contributed by atoms with E-state index in [2.05, 4.69) is 20.6 Å². The van der Waals surface area contributed by atoms with Crippen LogP contribution >= 0.6 is 0 Å². The highest BCUT2D eigenvalue weighted by Gasteiger charge is 2.19. The van der Waals surface area contributed by atoms with Crippen molar-refractivity contribution in [1.82, 2.24) is 14.5 Å². The van der Waals surface area contributed by atoms with Crippen LogP contribution in [-0.4, -0.2) is 45.3 Å². The Labute approximate surface area is 102 Å². The lowest BCUT2D eigenvalue weighted by molar-refractivity contribution is 0.141. The monoisotopic (exact) mass is 235 g/mol. The third-order valence-electron chi connectivity index (χ3n) is 3.91. The van der Waals surface area contributed by atoms with Gasteiger partial charge in [-0.25, -0.2) is 4.98 Å². The maximum Gasteiger partial charge on any atom is 0.111 e. The molecule has 1 fully saturated rings. The second-order valence-corrected chi connectivity index (χ2v) is 5.29. The van der Waals surface area contributed by atoms with Crippen LogP contribution in [0.25, 0.3) is 0 Å². The summed E-state index contributed by atoms with van der Waals surface area (Å²) in [6, 6.07) is 0. The molecule has 1 N–H and O–H groups in total. The van der Waals surface area contributed by atoms with Gasteiger partial charge in [0.25, 0.3) is 0 Å². The number of hydrogen-bond acceptors (Lipinski definition) is 3. The molecule has 17 heavy (non-hydrogen) atoms. The number of aromatic nitrogens is 2. The largest absolute Gasteiger partial charge is 0.393 e. The number of aliphatic hydroxyl groups is 1. The minimum atomic E-state index is -0.184. The number of imidazole rings is 1. The number of rotatable bonds is 3. The lowest BCUT2D eigenvalue weighted by atomic mass is 10.1. The van der Waals surface area contributed by atoms with E-state index in [1.165, 1.54) is 31.6 Å². The van der Waals surface area contributed by atoms with Crippen molar-refractivity contribution >= 4 is 0 Å². The molecule has 1 aromatic heterocycles. The molecule has 3 heterocycles. The van der Waals surface area contributed by atoms with Gasteiger partial charge in [-0.3, -0.25) is 0 Å². The fourth-order valence-corrected chi connectivity index (χ4v) is 2.87. The van der Waals surface area contributed by atoms with Gasteiger partial charge in [-0.15, -0.1) is 0 Å². The van der Waals surface area contributed by atoms with E-state index in [0.29, 0.717) is 0 Å². The zero-order chi connectivity index (χ0) is 11.7. The first kappa shape index (κ1) is 11.2. The Kier molecular flexibility index (Phi) is 3.16. The van der Waals surface area contributed by atoms with E-state index in [1.807, 2.05) is 0 Å². The Morgan fingerprint density at radius 1 is 1.29 bits per heavy atom. The van der Waals surface area contributed by atoms with Crippen molar-refractivity contribution in [2.24, 2.45) is 0 Å². The predicted octanol–water partition coefficient (Wildman–Crippen LogP) is 0.828. The molecule has 0 amide bonds. The van der Waals surface area contributed by atoms with Gasteiger partial charge in [0.1, 0.15) is 5.82 Å². The summed E-state index contributed by atoms with van der Waals surface area (Å²) in [6.07, 6.45) is 7.35. The zero-order valence-electron chi connectivity index (χ0n) is 10.3. The normalized spacial score (nSPS) is 25.1. The first-order valence-electron chi connectivity index (χ1n) is 6.76. The minimum absolute atomic E-state index is 0.184. The molecule has 4 heteroatoms. The molecule has 2 aliphatic heterocycles. The van der Waals surface area contributed by atoms with Crippen LogP contribution in [0.3, 0.4) is 0 Å². The van der Waals surface area contributed by atoms with Crippen molar-refractivity contribution in [3.63, 3.8) is 0 Å². The van der Waals surface area contributed by atoms with Crippen molar-refractivity contribution < 1.29 is 5.11 Å². The van der Waals surface area contributed by atoms with Gasteiger partial charge in [0, 0.05) is 32.1 Å². The molecule has 0 aliphatic carbocycles. The molecular formula is C13H21N3O. The third kappa shape index (κ3) is 2.53. The number of hydrogen-bond donors (Lipinski definition) is 1. The maximum atomic E-state index is 9.61. The van der Waals surface area contributed by atoms with E-state index in [-0.39, 0.29) is 6.10 Å². The Morgan fingerprint density at radius 2 is 2.12 bits per heavy atom. The number of fused-ring (bicyclic) bond motifs is 1. The molecule has 0 saturated carbocycles. The van der Waals surface area contributed by atoms with Crippen molar-refractivity contribution in [3.8, 4) is 0 Å². The van der Waals surface area contributed by atoms with E-state index < -0.39 is 0 Å². The van der Waals surface area contributed by atoms with E-state index in [1.54, 1.807) is 0 Å². The average molecular weight is 235 g/mol. The summed E-state index contributed by atoms with van der Waals surface area (Å²) < 4.78 is 2.21. The average Bonchev–Trinajstić information content (AvgIpc) is 2.94. The van der Waals surface area contributed by atoms with Crippen LogP contribution in [0.5, 0.6) is 0 Å². The van der Waals surface area contributed by atoms with Crippen LogP contribution in [0.2, 0.25) is 0 Å². The van der Waals surface area contributed by atoms with Gasteiger partial charge in [-0.05, 0) is 32.4 Å². The number of likely N-dealkylation sites (tertiary alicyclic amines) is 1. The number of aliphatic hydroxyl groups excluding tert-OH is 1. The van der Waals surface area contributed by atoms with Gasteiger partial charge >= 0.3 is 0 Å². The summed E-state index contributed by atoms with van der Waals surface area (Å²) in [4.78, 5) is 7.16. The van der Waals surface area contributed by atoms with Crippen LogP contribution < -0.4 is 0 Å². The molecule has 1 atom stereocenters. The van der Waals surface area contributed by atoms with Gasteiger partial charge < -0.3 is 14.6 Å². The molecule has 3 rings (SSSR count). The number of aryl methyl sites for hydroxylation is 1. The zero-order valence-corrected chi connectivity index (χ0v) is 10.3. The fourth-order valence-electron chi connectivity index (χ4n) is 2.87. The summed E-state index contributed by atoms with van der Waals surface area (Å²) in [5.74, 6) is 1.07. The maximum absolute atomic E-state index is 9.61. The lowest BCUT2D eigenvalue weighted by Gasteiger charge is -2.18. The smallest absolute Gasteiger partial charge is 0.111 e. The van der Waals surface area contributed by atoms with Crippen molar-refractivity contribution in [2.75, 3.05) is 19.6 Å². The summed E-state index contributed by atoms with van der Waals surface area (Å²) >= 11 is 0. The molecule has 0 aromatic carbocycles. The fraction of sp³-hybridized carbons (Fsp3) is 0.769. The van der Waals surface area contributed by atoms with Crippen LogP contribution in [0.1, 0.15) is 30.8 Å². The quantitative estimate of drug-likeness (QED) is 0.843. The molecule has 1 aromatic rings. The first-order chi connectivity index (χ1) is 8.31. The Balaban J connectivity index is 1.60. The second-order valence-electron chi connectivity index (χ2n) is 5.29. The molecule has 94 valence electrons. The predicted molar refractivity (Wildman–Crippen MR) is 65.9 cm³/mol. The lowest BCUT2D eigenvalue weighted by Crippen LogP contribution is -2.22. The second kappa shape index (κ2) is 4.78. The van der Waals surface area contributed by atoms with Crippen LogP contribution in [0.15, 0.2) is 6.20 Å². The Hall–Kier alpha value is -0.870. The van der Waals surface area contributed by atoms with E-state index in [0.717, 1.165) is 38.2 Å². The van der Waals surface area contributed by atoms with Crippen molar-refractivity contribution in [2.45, 2.75) is 44.8 Å². The summed E-state index contributed by atoms with van der Waals surface area (Å²) in [5, 5.41) is 9.61. The van der Waals surface area contributed by atoms with Gasteiger partial charge in [-0.1, -0.05) is 0 Å². The molecule has 0 radical (unpaired) electrons. The van der Waals surface area contributed by atoms with Gasteiger partial charge in [-0.2, -0.15) is 0 Å². The highest BCUT2D eigenvalue weighted by atomic mass is 16.3. The van der Waals surface area contributed by atoms with Crippen molar-refractivity contribution in [1.29, 1.82) is 0 Å². The SMILES string of the molecule is OC1CCn2cc(CCN3CCCC3)nc2C1. The van der Waals surface area contributed by atoms with Gasteiger partial charge in [0.15, 0.2) is 0 Å². The minimum Gasteiger partial charge on any atom is -0.393 e. The van der Waals surface area contributed by atoms with Gasteiger partial charge in [0.05, 0.1) is 11.8 Å². The summed E-state index contributed by atoms with van der Waals surface area (Å²) in [5.41, 5.74) is 1.20. The standard InChI is InChI=1S/C13H21N3O/c17-12-4-8-16-10-11(14-13(16)9-12)3-7-15-5-1-2-6-15/h10,12,17H,1-9H2. The molecule has 0 bridgehead atoms. The highest BCUT2D eigenvalue weighted by molar-refractivity contribution is 5.07. The highest BCUT2D eigenvalue weighted by Crippen LogP contribution is 2.16. The number of nitrogens with zero attached hydrogens (tertiary/aromatic N) is 3. The topological polar surface area (TPSA) is 41.3 Å². The summed E-state index contributed by atoms with van der Waals surface area (Å²) in [6.45, 7) is 4.57. The van der Waals surface area contributed by atoms with Crippen molar-refractivity contribution in [3.05, 3.63) is 17.7 Å². The third-order valence-corrected chi connectivity index (χ3v) is 3.91. The Bertz CT molecular complexity index is 382. The summed E-state index contributed by atoms with van der Waals surface area (Å²) in [7, 11) is 0. The molecule has 1 unspecified atom stereocenters.